The van der Waals surface area contributed by atoms with E-state index in [-0.39, 0.29) is 18.7 Å². The van der Waals surface area contributed by atoms with Gasteiger partial charge in [0.2, 0.25) is 12.5 Å². The number of fused-ring (bicyclic) bond motifs is 2. The highest BCUT2D eigenvalue weighted by atomic mass is 16.7. The number of rotatable bonds is 6. The van der Waals surface area contributed by atoms with Crippen LogP contribution in [0.3, 0.4) is 0 Å². The molecule has 12 heteroatoms. The third kappa shape index (κ3) is 4.77. The molecular weight excluding hydrogens is 550 g/mol. The number of methoxy groups -OCH3 is 2. The molecule has 0 N–H and O–H groups in total. The molecule has 1 fully saturated rings. The second-order valence-corrected chi connectivity index (χ2v) is 10.8. The molecule has 0 spiro atoms. The average Bonchev–Trinajstić information content (AvgIpc) is 3.74. The lowest BCUT2D eigenvalue weighted by molar-refractivity contribution is 0.0746. The second kappa shape index (κ2) is 11.1. The van der Waals surface area contributed by atoms with Crippen molar-refractivity contribution in [3.8, 4) is 28.7 Å². The Balaban J connectivity index is 1.11. The van der Waals surface area contributed by atoms with E-state index in [1.54, 1.807) is 18.9 Å². The lowest BCUT2D eigenvalue weighted by Gasteiger charge is -2.36. The molecule has 0 aliphatic carbocycles. The van der Waals surface area contributed by atoms with Crippen molar-refractivity contribution in [2.75, 3.05) is 65.7 Å². The van der Waals surface area contributed by atoms with E-state index in [0.717, 1.165) is 54.3 Å². The molecule has 12 nitrogen and oxygen atoms in total. The van der Waals surface area contributed by atoms with Gasteiger partial charge >= 0.3 is 0 Å². The normalized spacial score (nSPS) is 18.0. The van der Waals surface area contributed by atoms with Crippen molar-refractivity contribution in [1.29, 1.82) is 0 Å². The number of amides is 1. The van der Waals surface area contributed by atoms with E-state index in [2.05, 4.69) is 31.4 Å². The maximum Gasteiger partial charge on any atom is 0.253 e. The number of hydrogen-bond acceptors (Lipinski definition) is 10. The average molecular weight is 584 g/mol. The molecule has 4 heterocycles. The summed E-state index contributed by atoms with van der Waals surface area (Å²) in [5.41, 5.74) is 4.58. The minimum Gasteiger partial charge on any atom is -0.497 e. The van der Waals surface area contributed by atoms with Crippen LogP contribution < -0.4 is 23.8 Å². The zero-order chi connectivity index (χ0) is 29.5. The molecule has 43 heavy (non-hydrogen) atoms. The lowest BCUT2D eigenvalue weighted by atomic mass is 9.90. The van der Waals surface area contributed by atoms with E-state index in [1.807, 2.05) is 60.5 Å². The molecule has 1 saturated heterocycles. The number of nitrogens with zero attached hydrogens (tertiary/aromatic N) is 7. The van der Waals surface area contributed by atoms with Crippen molar-refractivity contribution in [2.24, 2.45) is 0 Å². The maximum atomic E-state index is 13.4. The van der Waals surface area contributed by atoms with E-state index in [9.17, 15) is 4.79 Å². The molecule has 1 atom stereocenters. The van der Waals surface area contributed by atoms with Crippen LogP contribution in [-0.2, 0) is 6.42 Å². The summed E-state index contributed by atoms with van der Waals surface area (Å²) in [6, 6.07) is 17.2. The fraction of sp³-hybridized carbons (Fsp3) is 0.355. The zero-order valence-corrected chi connectivity index (χ0v) is 24.4. The summed E-state index contributed by atoms with van der Waals surface area (Å²) in [6.45, 7) is 3.77. The van der Waals surface area contributed by atoms with Crippen LogP contribution in [0.4, 0.5) is 5.69 Å². The first kappa shape index (κ1) is 27.0. The molecule has 7 rings (SSSR count). The molecular formula is C31H33N7O5. The molecule has 0 bridgehead atoms. The standard InChI is InChI=1S/C31H33N7O5/c1-35-12-11-21-17-25-28(43-19-42-25)29(41-3)26(21)27(35)30-32-33-34-38(30)22-9-7-20(8-10-22)31(39)37-15-13-36(14-16-37)23-5-4-6-24(18-23)40-2/h4-10,17-18,27H,11-16,19H2,1-3H3/t27-/m1/s1. The second-order valence-electron chi connectivity index (χ2n) is 10.8. The molecule has 0 unspecified atom stereocenters. The van der Waals surface area contributed by atoms with Gasteiger partial charge in [-0.2, -0.15) is 4.68 Å². The fourth-order valence-electron chi connectivity index (χ4n) is 6.21. The Morgan fingerprint density at radius 1 is 0.930 bits per heavy atom. The van der Waals surface area contributed by atoms with Crippen LogP contribution in [0.5, 0.6) is 23.0 Å². The molecule has 1 amide bonds. The van der Waals surface area contributed by atoms with Crippen LogP contribution in [-0.4, -0.2) is 96.7 Å². The topological polar surface area (TPSA) is 107 Å². The minimum atomic E-state index is -0.273. The smallest absolute Gasteiger partial charge is 0.253 e. The van der Waals surface area contributed by atoms with Crippen molar-refractivity contribution in [1.82, 2.24) is 30.0 Å². The van der Waals surface area contributed by atoms with Crippen molar-refractivity contribution >= 4 is 11.6 Å². The number of carbonyl (C=O) groups is 1. The Hall–Kier alpha value is -4.84. The van der Waals surface area contributed by atoms with Gasteiger partial charge in [0.05, 0.1) is 19.9 Å². The predicted molar refractivity (Wildman–Crippen MR) is 158 cm³/mol. The van der Waals surface area contributed by atoms with Gasteiger partial charge < -0.3 is 28.7 Å². The Morgan fingerprint density at radius 3 is 2.51 bits per heavy atom. The lowest BCUT2D eigenvalue weighted by Crippen LogP contribution is -2.48. The van der Waals surface area contributed by atoms with Crippen molar-refractivity contribution in [3.63, 3.8) is 0 Å². The SMILES string of the molecule is COc1cccc(N2CCN(C(=O)c3ccc(-n4nnnc4[C@H]4c5c(cc6c(c5OC)OCO6)CCN4C)cc3)CC2)c1. The number of tetrazole rings is 1. The number of anilines is 1. The summed E-state index contributed by atoms with van der Waals surface area (Å²) < 4.78 is 24.4. The summed E-state index contributed by atoms with van der Waals surface area (Å²) in [5, 5.41) is 12.8. The van der Waals surface area contributed by atoms with Gasteiger partial charge in [0.1, 0.15) is 11.8 Å². The van der Waals surface area contributed by atoms with Crippen molar-refractivity contribution in [3.05, 3.63) is 77.1 Å². The maximum absolute atomic E-state index is 13.4. The van der Waals surface area contributed by atoms with Crippen LogP contribution in [0, 0.1) is 0 Å². The molecule has 222 valence electrons. The summed E-state index contributed by atoms with van der Waals surface area (Å²) in [6.07, 6.45) is 0.835. The number of benzene rings is 3. The van der Waals surface area contributed by atoms with Gasteiger partial charge in [-0.15, -0.1) is 5.10 Å². The summed E-state index contributed by atoms with van der Waals surface area (Å²) in [4.78, 5) is 19.8. The first-order valence-corrected chi connectivity index (χ1v) is 14.3. The zero-order valence-electron chi connectivity index (χ0n) is 24.4. The number of carbonyl (C=O) groups excluding carboxylic acids is 1. The highest BCUT2D eigenvalue weighted by Crippen LogP contribution is 2.50. The largest absolute Gasteiger partial charge is 0.497 e. The highest BCUT2D eigenvalue weighted by molar-refractivity contribution is 5.94. The van der Waals surface area contributed by atoms with Gasteiger partial charge in [0.25, 0.3) is 5.91 Å². The minimum absolute atomic E-state index is 0.00975. The molecule has 4 aromatic rings. The van der Waals surface area contributed by atoms with Gasteiger partial charge in [-0.05, 0) is 71.9 Å². The summed E-state index contributed by atoms with van der Waals surface area (Å²) >= 11 is 0. The van der Waals surface area contributed by atoms with Crippen LogP contribution in [0.25, 0.3) is 5.69 Å². The number of ether oxygens (including phenoxy) is 4. The number of aromatic nitrogens is 4. The van der Waals surface area contributed by atoms with E-state index in [1.165, 1.54) is 0 Å². The van der Waals surface area contributed by atoms with E-state index < -0.39 is 0 Å². The summed E-state index contributed by atoms with van der Waals surface area (Å²) in [7, 11) is 5.36. The highest BCUT2D eigenvalue weighted by Gasteiger charge is 2.38. The first-order valence-electron chi connectivity index (χ1n) is 14.3. The Bertz CT molecular complexity index is 1650. The third-order valence-electron chi connectivity index (χ3n) is 8.48. The van der Waals surface area contributed by atoms with Gasteiger partial charge in [-0.1, -0.05) is 6.07 Å². The van der Waals surface area contributed by atoms with E-state index in [4.69, 9.17) is 18.9 Å². The van der Waals surface area contributed by atoms with Gasteiger partial charge in [0, 0.05) is 55.6 Å². The molecule has 3 aliphatic heterocycles. The molecule has 1 aromatic heterocycles. The van der Waals surface area contributed by atoms with Gasteiger partial charge in [-0.25, -0.2) is 0 Å². The fourth-order valence-corrected chi connectivity index (χ4v) is 6.21. The number of piperazine rings is 1. The Labute approximate surface area is 249 Å². The van der Waals surface area contributed by atoms with Crippen LogP contribution in [0.2, 0.25) is 0 Å². The molecule has 0 saturated carbocycles. The Morgan fingerprint density at radius 2 is 1.74 bits per heavy atom. The van der Waals surface area contributed by atoms with E-state index >= 15 is 0 Å². The molecule has 3 aliphatic rings. The van der Waals surface area contributed by atoms with Crippen LogP contribution in [0.1, 0.15) is 33.4 Å². The van der Waals surface area contributed by atoms with Crippen molar-refractivity contribution in [2.45, 2.75) is 12.5 Å². The number of likely N-dealkylation sites (N-methyl/N-ethyl adjacent to an activating group) is 1. The summed E-state index contributed by atoms with van der Waals surface area (Å²) in [5.74, 6) is 3.42. The van der Waals surface area contributed by atoms with Crippen LogP contribution in [0.15, 0.2) is 54.6 Å². The van der Waals surface area contributed by atoms with Crippen LogP contribution >= 0.6 is 0 Å². The molecule has 3 aromatic carbocycles. The Kier molecular flexibility index (Phi) is 6.98. The first-order chi connectivity index (χ1) is 21.1. The quantitative estimate of drug-likeness (QED) is 0.336. The van der Waals surface area contributed by atoms with Gasteiger partial charge in [-0.3, -0.25) is 9.69 Å². The third-order valence-corrected chi connectivity index (χ3v) is 8.48. The molecule has 0 radical (unpaired) electrons. The number of hydrogen-bond donors (Lipinski definition) is 0. The van der Waals surface area contributed by atoms with E-state index in [0.29, 0.717) is 41.7 Å². The monoisotopic (exact) mass is 583 g/mol. The van der Waals surface area contributed by atoms with Crippen molar-refractivity contribution < 1.29 is 23.7 Å². The van der Waals surface area contributed by atoms with Gasteiger partial charge in [0.15, 0.2) is 17.3 Å². The predicted octanol–water partition coefficient (Wildman–Crippen LogP) is 2.95.